The van der Waals surface area contributed by atoms with Crippen LogP contribution in [0.5, 0.6) is 5.75 Å². The number of hydrogen-bond acceptors (Lipinski definition) is 5. The topological polar surface area (TPSA) is 71.1 Å². The van der Waals surface area contributed by atoms with E-state index in [0.29, 0.717) is 23.7 Å². The molecule has 2 amide bonds. The van der Waals surface area contributed by atoms with Gasteiger partial charge in [0.1, 0.15) is 5.75 Å². The van der Waals surface area contributed by atoms with E-state index >= 15 is 0 Å². The summed E-state index contributed by atoms with van der Waals surface area (Å²) in [6.07, 6.45) is 0. The van der Waals surface area contributed by atoms with E-state index in [1.54, 1.807) is 17.0 Å². The lowest BCUT2D eigenvalue weighted by Crippen LogP contribution is -2.45. The van der Waals surface area contributed by atoms with E-state index in [2.05, 4.69) is 10.2 Å². The van der Waals surface area contributed by atoms with Crippen LogP contribution in [0.15, 0.2) is 18.2 Å². The van der Waals surface area contributed by atoms with E-state index in [4.69, 9.17) is 9.47 Å². The molecule has 2 aliphatic rings. The van der Waals surface area contributed by atoms with Crippen LogP contribution in [0.1, 0.15) is 13.8 Å². The van der Waals surface area contributed by atoms with Crippen molar-refractivity contribution < 1.29 is 19.1 Å². The molecule has 1 saturated heterocycles. The van der Waals surface area contributed by atoms with Gasteiger partial charge in [-0.3, -0.25) is 14.5 Å². The molecule has 0 aliphatic carbocycles. The lowest BCUT2D eigenvalue weighted by Gasteiger charge is -2.33. The first-order valence-corrected chi connectivity index (χ1v) is 8.73. The molecule has 1 N–H and O–H groups in total. The van der Waals surface area contributed by atoms with Crippen LogP contribution in [-0.4, -0.2) is 62.7 Å². The van der Waals surface area contributed by atoms with Gasteiger partial charge in [0, 0.05) is 37.8 Å². The maximum Gasteiger partial charge on any atom is 0.265 e. The zero-order valence-corrected chi connectivity index (χ0v) is 14.8. The monoisotopic (exact) mass is 347 g/mol. The van der Waals surface area contributed by atoms with Gasteiger partial charge >= 0.3 is 0 Å². The van der Waals surface area contributed by atoms with Gasteiger partial charge in [-0.05, 0) is 18.2 Å². The number of benzene rings is 1. The summed E-state index contributed by atoms with van der Waals surface area (Å²) in [5, 5.41) is 2.87. The minimum Gasteiger partial charge on any atom is -0.482 e. The number of rotatable bonds is 5. The molecule has 0 radical (unpaired) electrons. The summed E-state index contributed by atoms with van der Waals surface area (Å²) >= 11 is 0. The SMILES string of the molecule is CC(C)C(=O)Nc1ccc2c(c1)N(CCN1CCOCC1)C(=O)CO2. The number of carbonyl (C=O) groups excluding carboxylic acids is 2. The highest BCUT2D eigenvalue weighted by atomic mass is 16.5. The smallest absolute Gasteiger partial charge is 0.265 e. The van der Waals surface area contributed by atoms with Gasteiger partial charge in [0.2, 0.25) is 5.91 Å². The first kappa shape index (κ1) is 17.7. The molecule has 0 atom stereocenters. The van der Waals surface area contributed by atoms with Crippen molar-refractivity contribution in [3.8, 4) is 5.75 Å². The van der Waals surface area contributed by atoms with Gasteiger partial charge in [-0.15, -0.1) is 0 Å². The third-order valence-electron chi connectivity index (χ3n) is 4.44. The number of fused-ring (bicyclic) bond motifs is 1. The Morgan fingerprint density at radius 2 is 2.00 bits per heavy atom. The maximum atomic E-state index is 12.3. The van der Waals surface area contributed by atoms with Crippen molar-refractivity contribution in [2.24, 2.45) is 5.92 Å². The van der Waals surface area contributed by atoms with E-state index in [1.165, 1.54) is 0 Å². The quantitative estimate of drug-likeness (QED) is 0.870. The fourth-order valence-electron chi connectivity index (χ4n) is 2.88. The van der Waals surface area contributed by atoms with Crippen LogP contribution in [0.2, 0.25) is 0 Å². The average Bonchev–Trinajstić information content (AvgIpc) is 2.61. The fourth-order valence-corrected chi connectivity index (χ4v) is 2.88. The molecule has 25 heavy (non-hydrogen) atoms. The third-order valence-corrected chi connectivity index (χ3v) is 4.44. The van der Waals surface area contributed by atoms with E-state index in [0.717, 1.165) is 32.8 Å². The Bertz CT molecular complexity index is 641. The number of hydrogen-bond donors (Lipinski definition) is 1. The van der Waals surface area contributed by atoms with Crippen molar-refractivity contribution >= 4 is 23.2 Å². The Labute approximate surface area is 147 Å². The van der Waals surface area contributed by atoms with Crippen LogP contribution < -0.4 is 15.0 Å². The molecule has 1 aromatic carbocycles. The van der Waals surface area contributed by atoms with Crippen molar-refractivity contribution in [1.29, 1.82) is 0 Å². The second-order valence-corrected chi connectivity index (χ2v) is 6.61. The van der Waals surface area contributed by atoms with Crippen LogP contribution in [0.25, 0.3) is 0 Å². The molecule has 0 spiro atoms. The summed E-state index contributed by atoms with van der Waals surface area (Å²) in [6, 6.07) is 5.42. The number of nitrogens with one attached hydrogen (secondary N) is 1. The molecule has 0 bridgehead atoms. The minimum atomic E-state index is -0.105. The molecule has 136 valence electrons. The van der Waals surface area contributed by atoms with Gasteiger partial charge in [-0.2, -0.15) is 0 Å². The molecule has 7 nitrogen and oxygen atoms in total. The standard InChI is InChI=1S/C18H25N3O4/c1-13(2)18(23)19-14-3-4-16-15(11-14)21(17(22)12-25-16)6-5-20-7-9-24-10-8-20/h3-4,11,13H,5-10,12H2,1-2H3,(H,19,23). The Morgan fingerprint density at radius 1 is 1.24 bits per heavy atom. The summed E-state index contributed by atoms with van der Waals surface area (Å²) in [6.45, 7) is 8.36. The minimum absolute atomic E-state index is 0.0494. The summed E-state index contributed by atoms with van der Waals surface area (Å²) in [5.74, 6) is 0.450. The lowest BCUT2D eigenvalue weighted by molar-refractivity contribution is -0.121. The van der Waals surface area contributed by atoms with Crippen LogP contribution in [0, 0.1) is 5.92 Å². The zero-order chi connectivity index (χ0) is 17.8. The van der Waals surface area contributed by atoms with Crippen LogP contribution in [0.4, 0.5) is 11.4 Å². The summed E-state index contributed by atoms with van der Waals surface area (Å²) in [7, 11) is 0. The Morgan fingerprint density at radius 3 is 2.72 bits per heavy atom. The van der Waals surface area contributed by atoms with Gasteiger partial charge in [0.15, 0.2) is 6.61 Å². The second kappa shape index (κ2) is 7.84. The van der Waals surface area contributed by atoms with Crippen LogP contribution in [-0.2, 0) is 14.3 Å². The van der Waals surface area contributed by atoms with Crippen molar-refractivity contribution in [3.63, 3.8) is 0 Å². The van der Waals surface area contributed by atoms with Gasteiger partial charge in [0.25, 0.3) is 5.91 Å². The molecule has 1 aromatic rings. The van der Waals surface area contributed by atoms with E-state index in [1.807, 2.05) is 19.9 Å². The van der Waals surface area contributed by atoms with Crippen molar-refractivity contribution in [2.75, 3.05) is 56.2 Å². The molecule has 2 heterocycles. The Kier molecular flexibility index (Phi) is 5.55. The van der Waals surface area contributed by atoms with Crippen molar-refractivity contribution in [1.82, 2.24) is 4.90 Å². The zero-order valence-electron chi connectivity index (χ0n) is 14.8. The van der Waals surface area contributed by atoms with E-state index < -0.39 is 0 Å². The summed E-state index contributed by atoms with van der Waals surface area (Å²) < 4.78 is 10.9. The third kappa shape index (κ3) is 4.29. The molecule has 2 aliphatic heterocycles. The number of ether oxygens (including phenoxy) is 2. The average molecular weight is 347 g/mol. The number of amides is 2. The van der Waals surface area contributed by atoms with Gasteiger partial charge in [-0.1, -0.05) is 13.8 Å². The molecule has 7 heteroatoms. The van der Waals surface area contributed by atoms with Crippen molar-refractivity contribution in [3.05, 3.63) is 18.2 Å². The Balaban J connectivity index is 1.73. The predicted octanol–water partition coefficient (Wildman–Crippen LogP) is 1.34. The Hall–Kier alpha value is -2.12. The largest absolute Gasteiger partial charge is 0.482 e. The maximum absolute atomic E-state index is 12.3. The molecule has 0 saturated carbocycles. The van der Waals surface area contributed by atoms with Gasteiger partial charge in [0.05, 0.1) is 18.9 Å². The highest BCUT2D eigenvalue weighted by Crippen LogP contribution is 2.34. The molecule has 1 fully saturated rings. The van der Waals surface area contributed by atoms with Gasteiger partial charge in [-0.25, -0.2) is 0 Å². The molecule has 3 rings (SSSR count). The van der Waals surface area contributed by atoms with Crippen molar-refractivity contribution in [2.45, 2.75) is 13.8 Å². The predicted molar refractivity (Wildman–Crippen MR) is 95.0 cm³/mol. The van der Waals surface area contributed by atoms with Crippen LogP contribution in [0.3, 0.4) is 0 Å². The molecular formula is C18H25N3O4. The summed E-state index contributed by atoms with van der Waals surface area (Å²) in [5.41, 5.74) is 1.39. The molecule has 0 aromatic heterocycles. The van der Waals surface area contributed by atoms with E-state index in [9.17, 15) is 9.59 Å². The highest BCUT2D eigenvalue weighted by Gasteiger charge is 2.26. The van der Waals surface area contributed by atoms with Gasteiger partial charge < -0.3 is 19.7 Å². The summed E-state index contributed by atoms with van der Waals surface area (Å²) in [4.78, 5) is 28.3. The first-order chi connectivity index (χ1) is 12.0. The molecular weight excluding hydrogens is 322 g/mol. The second-order valence-electron chi connectivity index (χ2n) is 6.61. The number of nitrogens with zero attached hydrogens (tertiary/aromatic N) is 2. The fraction of sp³-hybridized carbons (Fsp3) is 0.556. The number of morpholine rings is 1. The van der Waals surface area contributed by atoms with Crippen LogP contribution >= 0.6 is 0 Å². The highest BCUT2D eigenvalue weighted by molar-refractivity contribution is 5.99. The molecule has 0 unspecified atom stereocenters. The number of anilines is 2. The lowest BCUT2D eigenvalue weighted by atomic mass is 10.1. The normalized spacial score (nSPS) is 18.0. The van der Waals surface area contributed by atoms with E-state index in [-0.39, 0.29) is 24.3 Å². The first-order valence-electron chi connectivity index (χ1n) is 8.73. The number of carbonyl (C=O) groups is 2.